The van der Waals surface area contributed by atoms with Crippen molar-refractivity contribution in [2.24, 2.45) is 0 Å². The van der Waals surface area contributed by atoms with Gasteiger partial charge in [-0.05, 0) is 56.5 Å². The van der Waals surface area contributed by atoms with Crippen LogP contribution in [0.2, 0.25) is 5.02 Å². The Morgan fingerprint density at radius 2 is 1.64 bits per heavy atom. The first kappa shape index (κ1) is 19.0. The van der Waals surface area contributed by atoms with Crippen molar-refractivity contribution in [2.45, 2.75) is 40.2 Å². The highest BCUT2D eigenvalue weighted by Crippen LogP contribution is 2.22. The Morgan fingerprint density at radius 1 is 1.08 bits per heavy atom. The third kappa shape index (κ3) is 5.33. The van der Waals surface area contributed by atoms with Gasteiger partial charge in [-0.2, -0.15) is 0 Å². The highest BCUT2D eigenvalue weighted by Gasteiger charge is 2.19. The van der Waals surface area contributed by atoms with E-state index in [4.69, 9.17) is 16.3 Å². The van der Waals surface area contributed by atoms with Gasteiger partial charge in [0.2, 0.25) is 0 Å². The fourth-order valence-electron chi connectivity index (χ4n) is 2.66. The SMILES string of the molecule is Cc1cc(C)c(NC(=O)[C@@H](C)OC(=O)Cc2ccc(Cl)cc2)c(C)c1. The second-order valence-corrected chi connectivity index (χ2v) is 6.63. The molecule has 0 fully saturated rings. The molecule has 0 aliphatic rings. The van der Waals surface area contributed by atoms with Crippen molar-refractivity contribution >= 4 is 29.2 Å². The molecule has 0 radical (unpaired) electrons. The van der Waals surface area contributed by atoms with Crippen LogP contribution in [0.4, 0.5) is 5.69 Å². The highest BCUT2D eigenvalue weighted by molar-refractivity contribution is 6.30. The van der Waals surface area contributed by atoms with Crippen molar-refractivity contribution in [1.82, 2.24) is 0 Å². The Labute approximate surface area is 153 Å². The quantitative estimate of drug-likeness (QED) is 0.806. The van der Waals surface area contributed by atoms with Gasteiger partial charge in [-0.1, -0.05) is 41.4 Å². The molecule has 0 aliphatic carbocycles. The van der Waals surface area contributed by atoms with Crippen LogP contribution in [0.1, 0.15) is 29.2 Å². The van der Waals surface area contributed by atoms with Crippen LogP contribution in [0.25, 0.3) is 0 Å². The van der Waals surface area contributed by atoms with Gasteiger partial charge in [0.05, 0.1) is 6.42 Å². The number of carbonyl (C=O) groups excluding carboxylic acids is 2. The topological polar surface area (TPSA) is 55.4 Å². The summed E-state index contributed by atoms with van der Waals surface area (Å²) in [7, 11) is 0. The lowest BCUT2D eigenvalue weighted by Crippen LogP contribution is -2.31. The highest BCUT2D eigenvalue weighted by atomic mass is 35.5. The van der Waals surface area contributed by atoms with Gasteiger partial charge in [-0.3, -0.25) is 9.59 Å². The van der Waals surface area contributed by atoms with Crippen molar-refractivity contribution < 1.29 is 14.3 Å². The van der Waals surface area contributed by atoms with Crippen LogP contribution >= 0.6 is 11.6 Å². The van der Waals surface area contributed by atoms with Gasteiger partial charge in [0.15, 0.2) is 6.10 Å². The molecule has 0 spiro atoms. The lowest BCUT2D eigenvalue weighted by Gasteiger charge is -2.17. The Bertz CT molecular complexity index is 761. The second-order valence-electron chi connectivity index (χ2n) is 6.20. The van der Waals surface area contributed by atoms with E-state index >= 15 is 0 Å². The monoisotopic (exact) mass is 359 g/mol. The molecule has 0 saturated carbocycles. The first-order chi connectivity index (χ1) is 11.8. The van der Waals surface area contributed by atoms with Crippen molar-refractivity contribution in [3.05, 3.63) is 63.7 Å². The summed E-state index contributed by atoms with van der Waals surface area (Å²) >= 11 is 5.82. The number of halogens is 1. The van der Waals surface area contributed by atoms with Crippen molar-refractivity contribution in [3.8, 4) is 0 Å². The molecule has 0 heterocycles. The zero-order valence-corrected chi connectivity index (χ0v) is 15.6. The van der Waals surface area contributed by atoms with Gasteiger partial charge in [0.1, 0.15) is 0 Å². The van der Waals surface area contributed by atoms with Crippen LogP contribution in [0.5, 0.6) is 0 Å². The summed E-state index contributed by atoms with van der Waals surface area (Å²) in [6.45, 7) is 7.44. The molecule has 0 bridgehead atoms. The molecular weight excluding hydrogens is 338 g/mol. The third-order valence-electron chi connectivity index (χ3n) is 3.86. The Morgan fingerprint density at radius 3 is 2.20 bits per heavy atom. The van der Waals surface area contributed by atoms with E-state index in [-0.39, 0.29) is 12.3 Å². The molecule has 0 aliphatic heterocycles. The zero-order valence-electron chi connectivity index (χ0n) is 14.9. The normalized spacial score (nSPS) is 11.7. The lowest BCUT2D eigenvalue weighted by molar-refractivity contribution is -0.152. The minimum Gasteiger partial charge on any atom is -0.452 e. The molecule has 132 valence electrons. The Balaban J connectivity index is 1.96. The number of anilines is 1. The maximum Gasteiger partial charge on any atom is 0.311 e. The number of hydrogen-bond donors (Lipinski definition) is 1. The van der Waals surface area contributed by atoms with Gasteiger partial charge < -0.3 is 10.1 Å². The van der Waals surface area contributed by atoms with Gasteiger partial charge >= 0.3 is 5.97 Å². The molecule has 2 aromatic carbocycles. The third-order valence-corrected chi connectivity index (χ3v) is 4.12. The summed E-state index contributed by atoms with van der Waals surface area (Å²) < 4.78 is 5.24. The molecule has 1 amide bonds. The molecule has 0 aromatic heterocycles. The Kier molecular flexibility index (Phi) is 6.21. The van der Waals surface area contributed by atoms with Crippen LogP contribution in [-0.2, 0) is 20.7 Å². The largest absolute Gasteiger partial charge is 0.452 e. The number of rotatable bonds is 5. The standard InChI is InChI=1S/C20H22ClNO3/c1-12-9-13(2)19(14(3)10-12)22-20(24)15(4)25-18(23)11-16-5-7-17(21)8-6-16/h5-10,15H,11H2,1-4H3,(H,22,24)/t15-/m1/s1. The van der Waals surface area contributed by atoms with E-state index in [9.17, 15) is 9.59 Å². The fourth-order valence-corrected chi connectivity index (χ4v) is 2.79. The summed E-state index contributed by atoms with van der Waals surface area (Å²) in [4.78, 5) is 24.3. The fraction of sp³-hybridized carbons (Fsp3) is 0.300. The summed E-state index contributed by atoms with van der Waals surface area (Å²) in [5.74, 6) is -0.804. The van der Waals surface area contributed by atoms with E-state index in [1.807, 2.05) is 32.9 Å². The number of benzene rings is 2. The van der Waals surface area contributed by atoms with Gasteiger partial charge in [-0.25, -0.2) is 0 Å². The van der Waals surface area contributed by atoms with Crippen LogP contribution < -0.4 is 5.32 Å². The minimum atomic E-state index is -0.875. The summed E-state index contributed by atoms with van der Waals surface area (Å²) in [6.07, 6.45) is -0.780. The maximum atomic E-state index is 12.3. The second kappa shape index (κ2) is 8.17. The number of aryl methyl sites for hydroxylation is 3. The number of carbonyl (C=O) groups is 2. The molecule has 0 saturated heterocycles. The van der Waals surface area contributed by atoms with E-state index in [0.717, 1.165) is 27.9 Å². The minimum absolute atomic E-state index is 0.0946. The van der Waals surface area contributed by atoms with Crippen LogP contribution in [0, 0.1) is 20.8 Å². The van der Waals surface area contributed by atoms with E-state index in [1.54, 1.807) is 31.2 Å². The van der Waals surface area contributed by atoms with Crippen LogP contribution in [0.15, 0.2) is 36.4 Å². The van der Waals surface area contributed by atoms with Crippen LogP contribution in [-0.4, -0.2) is 18.0 Å². The number of amides is 1. The van der Waals surface area contributed by atoms with Crippen molar-refractivity contribution in [1.29, 1.82) is 0 Å². The average Bonchev–Trinajstić information content (AvgIpc) is 2.52. The molecule has 5 heteroatoms. The first-order valence-corrected chi connectivity index (χ1v) is 8.46. The summed E-state index contributed by atoms with van der Waals surface area (Å²) in [6, 6.07) is 10.9. The number of nitrogens with one attached hydrogen (secondary N) is 1. The average molecular weight is 360 g/mol. The molecule has 25 heavy (non-hydrogen) atoms. The number of hydrogen-bond acceptors (Lipinski definition) is 3. The molecule has 1 atom stereocenters. The Hall–Kier alpha value is -2.33. The smallest absolute Gasteiger partial charge is 0.311 e. The zero-order chi connectivity index (χ0) is 18.6. The summed E-state index contributed by atoms with van der Waals surface area (Å²) in [5, 5.41) is 3.45. The van der Waals surface area contributed by atoms with E-state index in [1.165, 1.54) is 0 Å². The van der Waals surface area contributed by atoms with Gasteiger partial charge in [0.25, 0.3) is 5.91 Å². The van der Waals surface area contributed by atoms with Crippen molar-refractivity contribution in [3.63, 3.8) is 0 Å². The molecule has 2 rings (SSSR count). The van der Waals surface area contributed by atoms with E-state index in [2.05, 4.69) is 5.32 Å². The van der Waals surface area contributed by atoms with E-state index < -0.39 is 12.1 Å². The maximum absolute atomic E-state index is 12.3. The summed E-state index contributed by atoms with van der Waals surface area (Å²) in [5.41, 5.74) is 4.63. The number of esters is 1. The predicted octanol–water partition coefficient (Wildman–Crippen LogP) is 4.38. The first-order valence-electron chi connectivity index (χ1n) is 8.09. The molecule has 4 nitrogen and oxygen atoms in total. The molecule has 1 N–H and O–H groups in total. The van der Waals surface area contributed by atoms with Gasteiger partial charge in [-0.15, -0.1) is 0 Å². The molecular formula is C20H22ClNO3. The molecule has 2 aromatic rings. The van der Waals surface area contributed by atoms with Crippen molar-refractivity contribution in [2.75, 3.05) is 5.32 Å². The number of ether oxygens (including phenoxy) is 1. The predicted molar refractivity (Wildman–Crippen MR) is 100.0 cm³/mol. The van der Waals surface area contributed by atoms with E-state index in [0.29, 0.717) is 5.02 Å². The lowest BCUT2D eigenvalue weighted by atomic mass is 10.0. The van der Waals surface area contributed by atoms with Crippen LogP contribution in [0.3, 0.4) is 0 Å². The molecule has 0 unspecified atom stereocenters. The van der Waals surface area contributed by atoms with Gasteiger partial charge in [0, 0.05) is 10.7 Å².